The minimum atomic E-state index is 0.0206. The van der Waals surface area contributed by atoms with E-state index in [0.717, 1.165) is 67.1 Å². The fraction of sp³-hybridized carbons (Fsp3) is 0.450. The first kappa shape index (κ1) is 38.0. The van der Waals surface area contributed by atoms with Crippen molar-refractivity contribution in [3.63, 3.8) is 0 Å². The van der Waals surface area contributed by atoms with E-state index in [0.29, 0.717) is 31.1 Å². The summed E-state index contributed by atoms with van der Waals surface area (Å²) in [4.78, 5) is 37.4. The van der Waals surface area contributed by atoms with Crippen molar-refractivity contribution < 1.29 is 28.5 Å². The average molecular weight is 747 g/mol. The van der Waals surface area contributed by atoms with Crippen LogP contribution in [0.2, 0.25) is 0 Å². The van der Waals surface area contributed by atoms with Crippen molar-refractivity contribution in [2.24, 2.45) is 0 Å². The Morgan fingerprint density at radius 3 is 1.65 bits per heavy atom. The monoisotopic (exact) mass is 746 g/mol. The first-order chi connectivity index (χ1) is 25.1. The topological polar surface area (TPSA) is 84.0 Å². The number of thiophene rings is 2. The van der Waals surface area contributed by atoms with Gasteiger partial charge in [0.1, 0.15) is 21.5 Å². The summed E-state index contributed by atoms with van der Waals surface area (Å²) < 4.78 is 21.4. The normalized spacial score (nSPS) is 17.3. The van der Waals surface area contributed by atoms with Crippen LogP contribution in [0.5, 0.6) is 11.5 Å². The highest BCUT2D eigenvalue weighted by Crippen LogP contribution is 2.41. The van der Waals surface area contributed by atoms with Crippen molar-refractivity contribution in [2.75, 3.05) is 70.8 Å². The first-order valence-corrected chi connectivity index (χ1v) is 19.4. The molecular formula is C40H50N4O6S2. The quantitative estimate of drug-likeness (QED) is 0.175. The lowest BCUT2D eigenvalue weighted by Crippen LogP contribution is -2.47. The number of hydrogen-bond acceptors (Lipinski definition) is 10. The van der Waals surface area contributed by atoms with Gasteiger partial charge in [0.2, 0.25) is 0 Å². The van der Waals surface area contributed by atoms with Crippen LogP contribution in [0, 0.1) is 27.7 Å². The Balaban J connectivity index is 0.000000179. The third-order valence-corrected chi connectivity index (χ3v) is 12.7. The number of amides is 2. The fourth-order valence-corrected chi connectivity index (χ4v) is 9.17. The maximum absolute atomic E-state index is 13.3. The van der Waals surface area contributed by atoms with Crippen molar-refractivity contribution >= 4 is 44.5 Å². The molecule has 2 aromatic heterocycles. The molecule has 52 heavy (non-hydrogen) atoms. The number of hydrogen-bond donors (Lipinski definition) is 0. The third kappa shape index (κ3) is 8.22. The molecule has 3 aliphatic heterocycles. The van der Waals surface area contributed by atoms with E-state index in [1.165, 1.54) is 32.0 Å². The zero-order chi connectivity index (χ0) is 36.9. The van der Waals surface area contributed by atoms with E-state index in [4.69, 9.17) is 18.9 Å². The summed E-state index contributed by atoms with van der Waals surface area (Å²) >= 11 is 3.43. The van der Waals surface area contributed by atoms with E-state index in [1.54, 1.807) is 44.0 Å². The predicted molar refractivity (Wildman–Crippen MR) is 209 cm³/mol. The summed E-state index contributed by atoms with van der Waals surface area (Å²) in [7, 11) is 4.96. The number of fused-ring (bicyclic) bond motifs is 2. The molecule has 0 radical (unpaired) electrons. The minimum Gasteiger partial charge on any atom is -0.497 e. The SMILES string of the molecule is COCCN1Cc2c(sc(C)c2C)N(C(=O)c2ccc(OC)cc2)C1.COc1ccc(C(=O)N2CN(CC3CCCO3)Cc3c2sc(C)c3C)cc1. The van der Waals surface area contributed by atoms with Gasteiger partial charge in [0.25, 0.3) is 11.8 Å². The molecule has 0 bridgehead atoms. The van der Waals surface area contributed by atoms with Crippen LogP contribution in [0.3, 0.4) is 0 Å². The highest BCUT2D eigenvalue weighted by atomic mass is 32.1. The van der Waals surface area contributed by atoms with Gasteiger partial charge in [0.05, 0.1) is 40.3 Å². The average Bonchev–Trinajstić information content (AvgIpc) is 3.87. The molecular weight excluding hydrogens is 697 g/mol. The van der Waals surface area contributed by atoms with Gasteiger partial charge in [-0.25, -0.2) is 0 Å². The van der Waals surface area contributed by atoms with Gasteiger partial charge < -0.3 is 18.9 Å². The van der Waals surface area contributed by atoms with Crippen LogP contribution in [-0.4, -0.2) is 88.7 Å². The predicted octanol–water partition coefficient (Wildman–Crippen LogP) is 7.41. The summed E-state index contributed by atoms with van der Waals surface area (Å²) in [6, 6.07) is 14.7. The standard InChI is InChI=1S/C21H26N2O3S.C19H24N2O3S/c1-14-15(2)27-21-19(14)12-22(11-18-5-4-10-26-18)13-23(21)20(24)16-6-8-17(25-3)9-7-16;1-13-14(2)25-19-17(13)11-20(9-10-23-3)12-21(19)18(22)15-5-7-16(24-4)8-6-15/h6-9,18H,4-5,10-13H2,1-3H3;5-8H,9-12H2,1-4H3. The molecule has 0 aliphatic carbocycles. The number of methoxy groups -OCH3 is 3. The van der Waals surface area contributed by atoms with Crippen molar-refractivity contribution in [3.05, 3.63) is 91.7 Å². The molecule has 0 saturated carbocycles. The maximum Gasteiger partial charge on any atom is 0.260 e. The van der Waals surface area contributed by atoms with Crippen molar-refractivity contribution in [1.29, 1.82) is 0 Å². The number of aryl methyl sites for hydroxylation is 2. The molecule has 5 heterocycles. The van der Waals surface area contributed by atoms with Gasteiger partial charge in [0.15, 0.2) is 0 Å². The van der Waals surface area contributed by atoms with E-state index in [2.05, 4.69) is 37.5 Å². The zero-order valence-electron chi connectivity index (χ0n) is 31.3. The molecule has 1 unspecified atom stereocenters. The summed E-state index contributed by atoms with van der Waals surface area (Å²) in [5.74, 6) is 1.57. The number of ether oxygens (including phenoxy) is 4. The second kappa shape index (κ2) is 16.9. The molecule has 278 valence electrons. The molecule has 1 saturated heterocycles. The van der Waals surface area contributed by atoms with Gasteiger partial charge in [-0.2, -0.15) is 0 Å². The number of benzene rings is 2. The summed E-state index contributed by atoms with van der Waals surface area (Å²) in [5, 5.41) is 2.17. The van der Waals surface area contributed by atoms with E-state index in [1.807, 2.05) is 58.3 Å². The zero-order valence-corrected chi connectivity index (χ0v) is 33.0. The Hall–Kier alpha value is -3.78. The lowest BCUT2D eigenvalue weighted by atomic mass is 10.1. The van der Waals surface area contributed by atoms with Crippen molar-refractivity contribution in [2.45, 2.75) is 59.7 Å². The Morgan fingerprint density at radius 1 is 0.731 bits per heavy atom. The van der Waals surface area contributed by atoms with Gasteiger partial charge in [-0.3, -0.25) is 29.2 Å². The van der Waals surface area contributed by atoms with Gasteiger partial charge in [-0.1, -0.05) is 0 Å². The van der Waals surface area contributed by atoms with Crippen LogP contribution < -0.4 is 19.3 Å². The van der Waals surface area contributed by atoms with Crippen LogP contribution in [0.25, 0.3) is 0 Å². The summed E-state index contributed by atoms with van der Waals surface area (Å²) in [5.41, 5.74) is 6.48. The van der Waals surface area contributed by atoms with Crippen LogP contribution in [0.1, 0.15) is 65.6 Å². The van der Waals surface area contributed by atoms with Crippen LogP contribution in [0.15, 0.2) is 48.5 Å². The molecule has 3 aliphatic rings. The Labute approximate surface area is 315 Å². The number of carbonyl (C=O) groups excluding carboxylic acids is 2. The first-order valence-electron chi connectivity index (χ1n) is 17.8. The second-order valence-corrected chi connectivity index (χ2v) is 15.9. The van der Waals surface area contributed by atoms with Crippen molar-refractivity contribution in [1.82, 2.24) is 9.80 Å². The lowest BCUT2D eigenvalue weighted by Gasteiger charge is -2.36. The van der Waals surface area contributed by atoms with E-state index in [-0.39, 0.29) is 17.9 Å². The van der Waals surface area contributed by atoms with Gasteiger partial charge in [-0.15, -0.1) is 22.7 Å². The molecule has 0 spiro atoms. The van der Waals surface area contributed by atoms with Gasteiger partial charge in [-0.05, 0) is 100 Å². The number of anilines is 2. The summed E-state index contributed by atoms with van der Waals surface area (Å²) in [6.45, 7) is 14.7. The van der Waals surface area contributed by atoms with Gasteiger partial charge >= 0.3 is 0 Å². The van der Waals surface area contributed by atoms with Crippen molar-refractivity contribution in [3.8, 4) is 11.5 Å². The second-order valence-electron chi connectivity index (χ2n) is 13.5. The fourth-order valence-electron chi connectivity index (χ4n) is 6.86. The maximum atomic E-state index is 13.3. The van der Waals surface area contributed by atoms with Crippen LogP contribution >= 0.6 is 22.7 Å². The highest BCUT2D eigenvalue weighted by molar-refractivity contribution is 7.17. The smallest absolute Gasteiger partial charge is 0.260 e. The molecule has 4 aromatic rings. The minimum absolute atomic E-state index is 0.0206. The Morgan fingerprint density at radius 2 is 1.21 bits per heavy atom. The largest absolute Gasteiger partial charge is 0.497 e. The van der Waals surface area contributed by atoms with Crippen LogP contribution in [0.4, 0.5) is 10.0 Å². The lowest BCUT2D eigenvalue weighted by molar-refractivity contribution is 0.0663. The number of rotatable bonds is 9. The molecule has 7 rings (SSSR count). The van der Waals surface area contributed by atoms with Crippen LogP contribution in [-0.2, 0) is 22.6 Å². The molecule has 2 amide bonds. The highest BCUT2D eigenvalue weighted by Gasteiger charge is 2.34. The van der Waals surface area contributed by atoms with Gasteiger partial charge in [0, 0.05) is 71.9 Å². The van der Waals surface area contributed by atoms with E-state index < -0.39 is 0 Å². The molecule has 0 N–H and O–H groups in total. The number of carbonyl (C=O) groups is 2. The molecule has 12 heteroatoms. The molecule has 2 aromatic carbocycles. The molecule has 10 nitrogen and oxygen atoms in total. The van der Waals surface area contributed by atoms with E-state index in [9.17, 15) is 9.59 Å². The third-order valence-electron chi connectivity index (χ3n) is 10.2. The van der Waals surface area contributed by atoms with E-state index >= 15 is 0 Å². The summed E-state index contributed by atoms with van der Waals surface area (Å²) in [6.07, 6.45) is 2.52. The molecule has 1 fully saturated rings. The Bertz CT molecular complexity index is 1850. The number of nitrogens with zero attached hydrogens (tertiary/aromatic N) is 4. The Kier molecular flexibility index (Phi) is 12.3. The molecule has 1 atom stereocenters.